The van der Waals surface area contributed by atoms with Gasteiger partial charge in [-0.05, 0) is 37.0 Å². The summed E-state index contributed by atoms with van der Waals surface area (Å²) in [6.07, 6.45) is -3.47. The van der Waals surface area contributed by atoms with Gasteiger partial charge in [-0.2, -0.15) is 13.2 Å². The highest BCUT2D eigenvalue weighted by molar-refractivity contribution is 7.90. The third-order valence-corrected chi connectivity index (χ3v) is 7.36. The Morgan fingerprint density at radius 2 is 1.78 bits per heavy atom. The zero-order chi connectivity index (χ0) is 27.3. The van der Waals surface area contributed by atoms with Crippen molar-refractivity contribution in [2.24, 2.45) is 5.92 Å². The summed E-state index contributed by atoms with van der Waals surface area (Å²) in [6, 6.07) is -1.55. The predicted octanol–water partition coefficient (Wildman–Crippen LogP) is 3.60. The molecule has 200 valence electrons. The normalized spacial score (nSPS) is 21.1. The van der Waals surface area contributed by atoms with Crippen molar-refractivity contribution in [3.63, 3.8) is 0 Å². The van der Waals surface area contributed by atoms with Gasteiger partial charge in [0.1, 0.15) is 17.8 Å². The van der Waals surface area contributed by atoms with Crippen LogP contribution in [0.5, 0.6) is 0 Å². The maximum absolute atomic E-state index is 15.1. The number of carbonyl (C=O) groups is 2. The number of carbonyl (C=O) groups excluding carboxylic acids is 2. The van der Waals surface area contributed by atoms with Crippen molar-refractivity contribution < 1.29 is 44.3 Å². The number of alkyl halides is 4. The minimum absolute atomic E-state index is 0.0373. The Kier molecular flexibility index (Phi) is 7.10. The lowest BCUT2D eigenvalue weighted by molar-refractivity contribution is -0.140. The molecule has 0 bridgehead atoms. The van der Waals surface area contributed by atoms with E-state index in [2.05, 4.69) is 10.3 Å². The summed E-state index contributed by atoms with van der Waals surface area (Å²) in [5.41, 5.74) is -2.89. The molecule has 1 aromatic heterocycles. The molecule has 1 aliphatic carbocycles. The van der Waals surface area contributed by atoms with Crippen molar-refractivity contribution in [3.05, 3.63) is 58.9 Å². The fourth-order valence-corrected chi connectivity index (χ4v) is 4.90. The van der Waals surface area contributed by atoms with E-state index in [1.807, 2.05) is 0 Å². The second-order valence-electron chi connectivity index (χ2n) is 9.12. The number of pyridine rings is 1. The van der Waals surface area contributed by atoms with E-state index in [1.54, 1.807) is 0 Å². The van der Waals surface area contributed by atoms with E-state index in [0.717, 1.165) is 24.7 Å². The molecule has 2 heterocycles. The Hall–Kier alpha value is -3.00. The van der Waals surface area contributed by atoms with Crippen molar-refractivity contribution in [3.8, 4) is 0 Å². The maximum Gasteiger partial charge on any atom is 0.419 e. The molecule has 2 fully saturated rings. The average Bonchev–Trinajstić information content (AvgIpc) is 3.56. The average molecular weight is 549 g/mol. The number of nitrogens with zero attached hydrogens (tertiary/aromatic N) is 2. The molecule has 4 rings (SSSR count). The number of hydrogen-bond acceptors (Lipinski definition) is 6. The molecule has 2 aliphatic rings. The highest BCUT2D eigenvalue weighted by Gasteiger charge is 2.47. The van der Waals surface area contributed by atoms with Gasteiger partial charge in [-0.25, -0.2) is 21.6 Å². The van der Waals surface area contributed by atoms with Crippen molar-refractivity contribution in [1.82, 2.24) is 15.2 Å². The van der Waals surface area contributed by atoms with Crippen molar-refractivity contribution in [2.75, 3.05) is 12.8 Å². The van der Waals surface area contributed by atoms with Crippen molar-refractivity contribution >= 4 is 21.7 Å². The molecular weight excluding hydrogens is 528 g/mol. The van der Waals surface area contributed by atoms with Gasteiger partial charge < -0.3 is 5.32 Å². The van der Waals surface area contributed by atoms with Crippen LogP contribution in [0.25, 0.3) is 0 Å². The molecule has 1 aliphatic heterocycles. The van der Waals surface area contributed by atoms with Gasteiger partial charge in [0.2, 0.25) is 5.91 Å². The number of sulfone groups is 1. The van der Waals surface area contributed by atoms with Crippen LogP contribution in [0.3, 0.4) is 0 Å². The molecule has 37 heavy (non-hydrogen) atoms. The highest BCUT2D eigenvalue weighted by atomic mass is 32.2. The summed E-state index contributed by atoms with van der Waals surface area (Å²) in [5.74, 6) is -6.04. The second kappa shape index (κ2) is 9.71. The molecular formula is C23H21F6N3O4S. The number of benzene rings is 1. The largest absolute Gasteiger partial charge is 0.419 e. The molecule has 1 saturated heterocycles. The van der Waals surface area contributed by atoms with Gasteiger partial charge in [-0.15, -0.1) is 0 Å². The summed E-state index contributed by atoms with van der Waals surface area (Å²) in [5, 5.41) is 2.60. The first-order valence-electron chi connectivity index (χ1n) is 11.1. The molecule has 0 radical (unpaired) electrons. The summed E-state index contributed by atoms with van der Waals surface area (Å²) in [7, 11) is -3.83. The predicted molar refractivity (Wildman–Crippen MR) is 117 cm³/mol. The lowest BCUT2D eigenvalue weighted by atomic mass is 9.96. The van der Waals surface area contributed by atoms with Gasteiger partial charge in [0.25, 0.3) is 5.91 Å². The van der Waals surface area contributed by atoms with Gasteiger partial charge in [-0.1, -0.05) is 0 Å². The molecule has 3 atom stereocenters. The number of hydrogen-bond donors (Lipinski definition) is 1. The first kappa shape index (κ1) is 27.0. The lowest BCUT2D eigenvalue weighted by Gasteiger charge is -2.33. The Bertz CT molecular complexity index is 1350. The van der Waals surface area contributed by atoms with Gasteiger partial charge >= 0.3 is 6.18 Å². The van der Waals surface area contributed by atoms with Gasteiger partial charge in [-0.3, -0.25) is 19.5 Å². The monoisotopic (exact) mass is 549 g/mol. The molecule has 7 nitrogen and oxygen atoms in total. The van der Waals surface area contributed by atoms with Crippen molar-refractivity contribution in [1.29, 1.82) is 0 Å². The number of imide groups is 1. The zero-order valence-electron chi connectivity index (χ0n) is 19.2. The standard InChI is InChI=1S/C23H21F6N3O4S/c1-37(35,36)14-4-12(8-30-10-14)21(33)32(22(34)19-5-13(24)9-31-19)20(11-2-3-11)15-6-18(26)16(7-17(15)25)23(27,28)29/h4,6-8,10-11,13,19-20,31H,2-3,5,9H2,1H3/t13-,19+,20+/m0/s1. The topological polar surface area (TPSA) is 96.4 Å². The van der Waals surface area contributed by atoms with Crippen LogP contribution in [-0.2, 0) is 20.8 Å². The molecule has 0 spiro atoms. The quantitative estimate of drug-likeness (QED) is 0.437. The fraction of sp³-hybridized carbons (Fsp3) is 0.435. The van der Waals surface area contributed by atoms with Gasteiger partial charge in [0.15, 0.2) is 9.84 Å². The molecule has 2 aromatic rings. The molecule has 1 aromatic carbocycles. The van der Waals surface area contributed by atoms with Crippen LogP contribution in [0.2, 0.25) is 0 Å². The molecule has 1 saturated carbocycles. The molecule has 1 N–H and O–H groups in total. The first-order chi connectivity index (χ1) is 17.2. The summed E-state index contributed by atoms with van der Waals surface area (Å²) >= 11 is 0. The SMILES string of the molecule is CS(=O)(=O)c1cncc(C(=O)N(C(=O)[C@H]2C[C@H](F)CN2)[C@@H](c2cc(F)c(C(F)(F)F)cc2F)C2CC2)c1. The van der Waals surface area contributed by atoms with Crippen LogP contribution in [-0.4, -0.2) is 55.1 Å². The summed E-state index contributed by atoms with van der Waals surface area (Å²) < 4.78 is 107. The fourth-order valence-electron chi connectivity index (χ4n) is 4.31. The van der Waals surface area contributed by atoms with Crippen molar-refractivity contribution in [2.45, 2.75) is 48.6 Å². The van der Waals surface area contributed by atoms with E-state index in [0.29, 0.717) is 23.8 Å². The van der Waals surface area contributed by atoms with Crippen LogP contribution in [0.1, 0.15) is 46.8 Å². The Labute approximate surface area is 207 Å². The van der Waals surface area contributed by atoms with Crippen LogP contribution >= 0.6 is 0 Å². The van der Waals surface area contributed by atoms with E-state index < -0.39 is 74.8 Å². The minimum atomic E-state index is -5.19. The van der Waals surface area contributed by atoms with Crippen LogP contribution in [0.15, 0.2) is 35.5 Å². The lowest BCUT2D eigenvalue weighted by Crippen LogP contribution is -2.49. The van der Waals surface area contributed by atoms with Gasteiger partial charge in [0, 0.05) is 37.2 Å². The number of aromatic nitrogens is 1. The van der Waals surface area contributed by atoms with Crippen LogP contribution in [0.4, 0.5) is 26.3 Å². The van der Waals surface area contributed by atoms with Crippen LogP contribution < -0.4 is 5.32 Å². The van der Waals surface area contributed by atoms with E-state index in [4.69, 9.17) is 0 Å². The Balaban J connectivity index is 1.85. The van der Waals surface area contributed by atoms with E-state index in [9.17, 15) is 40.0 Å². The molecule has 0 unspecified atom stereocenters. The van der Waals surface area contributed by atoms with E-state index in [1.165, 1.54) is 0 Å². The number of nitrogens with one attached hydrogen (secondary N) is 1. The highest BCUT2D eigenvalue weighted by Crippen LogP contribution is 2.47. The van der Waals surface area contributed by atoms with Gasteiger partial charge in [0.05, 0.1) is 28.1 Å². The maximum atomic E-state index is 15.1. The minimum Gasteiger partial charge on any atom is -0.303 e. The summed E-state index contributed by atoms with van der Waals surface area (Å²) in [4.78, 5) is 31.0. The third-order valence-electron chi connectivity index (χ3n) is 6.28. The third kappa shape index (κ3) is 5.64. The molecule has 2 amide bonds. The molecule has 14 heteroatoms. The number of rotatable bonds is 6. The number of amides is 2. The Morgan fingerprint density at radius 3 is 2.32 bits per heavy atom. The number of halogens is 6. The van der Waals surface area contributed by atoms with E-state index >= 15 is 4.39 Å². The second-order valence-corrected chi connectivity index (χ2v) is 11.1. The first-order valence-corrected chi connectivity index (χ1v) is 13.0. The smallest absolute Gasteiger partial charge is 0.303 e. The zero-order valence-corrected chi connectivity index (χ0v) is 20.0. The van der Waals surface area contributed by atoms with Crippen LogP contribution in [0, 0.1) is 17.6 Å². The Morgan fingerprint density at radius 1 is 1.11 bits per heavy atom. The summed E-state index contributed by atoms with van der Waals surface area (Å²) in [6.45, 7) is -0.207. The van der Waals surface area contributed by atoms with E-state index in [-0.39, 0.29) is 29.5 Å².